The largest absolute Gasteiger partial charge is 0.354 e. The molecule has 0 fully saturated rings. The molecule has 0 bridgehead atoms. The van der Waals surface area contributed by atoms with Crippen molar-refractivity contribution in [2.45, 2.75) is 27.2 Å². The van der Waals surface area contributed by atoms with Crippen LogP contribution in [0.4, 0.5) is 5.95 Å². The summed E-state index contributed by atoms with van der Waals surface area (Å²) in [6, 6.07) is 0. The minimum atomic E-state index is 0.681. The van der Waals surface area contributed by atoms with Crippen LogP contribution in [0.3, 0.4) is 0 Å². The quantitative estimate of drug-likeness (QED) is 0.903. The zero-order valence-corrected chi connectivity index (χ0v) is 11.1. The Morgan fingerprint density at radius 2 is 1.88 bits per heavy atom. The van der Waals surface area contributed by atoms with Crippen molar-refractivity contribution in [3.05, 3.63) is 33.5 Å². The van der Waals surface area contributed by atoms with Gasteiger partial charge in [-0.1, -0.05) is 0 Å². The molecule has 2 rings (SSSR count). The monoisotopic (exact) mass is 248 g/mol. The first-order valence-corrected chi connectivity index (χ1v) is 6.42. The molecule has 4 nitrogen and oxygen atoms in total. The third-order valence-corrected chi connectivity index (χ3v) is 3.61. The third-order valence-electron chi connectivity index (χ3n) is 2.48. The molecule has 2 heterocycles. The summed E-state index contributed by atoms with van der Waals surface area (Å²) in [7, 11) is 0. The summed E-state index contributed by atoms with van der Waals surface area (Å²) >= 11 is 1.76. The number of anilines is 1. The van der Waals surface area contributed by atoms with Crippen molar-refractivity contribution in [3.63, 3.8) is 0 Å². The van der Waals surface area contributed by atoms with E-state index in [0.717, 1.165) is 24.2 Å². The minimum Gasteiger partial charge on any atom is -0.354 e. The molecule has 0 aromatic carbocycles. The number of rotatable bonds is 4. The molecule has 1 N–H and O–H groups in total. The zero-order valence-electron chi connectivity index (χ0n) is 10.3. The van der Waals surface area contributed by atoms with Crippen LogP contribution in [0.5, 0.6) is 0 Å². The lowest BCUT2D eigenvalue weighted by Crippen LogP contribution is -2.07. The van der Waals surface area contributed by atoms with E-state index >= 15 is 0 Å². The summed E-state index contributed by atoms with van der Waals surface area (Å²) in [6.07, 6.45) is 4.54. The standard InChI is InChI=1S/C12H16N4S/c1-8-6-14-12(15-7-8)13-5-4-11-16-9(2)10(3)17-11/h6-7H,4-5H2,1-3H3,(H,13,14,15). The van der Waals surface area contributed by atoms with Crippen LogP contribution in [0, 0.1) is 20.8 Å². The number of nitrogens with one attached hydrogen (secondary N) is 1. The Labute approximate surface area is 105 Å². The first-order chi connectivity index (χ1) is 8.15. The van der Waals surface area contributed by atoms with Crippen molar-refractivity contribution in [2.75, 3.05) is 11.9 Å². The predicted octanol–water partition coefficient (Wildman–Crippen LogP) is 2.51. The van der Waals surface area contributed by atoms with E-state index in [0.29, 0.717) is 5.95 Å². The van der Waals surface area contributed by atoms with Crippen LogP contribution in [-0.4, -0.2) is 21.5 Å². The number of nitrogens with zero attached hydrogens (tertiary/aromatic N) is 3. The highest BCUT2D eigenvalue weighted by Gasteiger charge is 2.03. The van der Waals surface area contributed by atoms with E-state index < -0.39 is 0 Å². The van der Waals surface area contributed by atoms with Gasteiger partial charge in [0, 0.05) is 30.2 Å². The highest BCUT2D eigenvalue weighted by atomic mass is 32.1. The van der Waals surface area contributed by atoms with Crippen LogP contribution in [0.15, 0.2) is 12.4 Å². The molecule has 90 valence electrons. The molecule has 0 spiro atoms. The fourth-order valence-electron chi connectivity index (χ4n) is 1.41. The Morgan fingerprint density at radius 1 is 1.18 bits per heavy atom. The van der Waals surface area contributed by atoms with Crippen molar-refractivity contribution < 1.29 is 0 Å². The molecule has 2 aromatic rings. The summed E-state index contributed by atoms with van der Waals surface area (Å²) in [5.41, 5.74) is 2.21. The smallest absolute Gasteiger partial charge is 0.222 e. The second-order valence-corrected chi connectivity index (χ2v) is 5.30. The molecular weight excluding hydrogens is 232 g/mol. The van der Waals surface area contributed by atoms with Crippen molar-refractivity contribution in [1.29, 1.82) is 0 Å². The van der Waals surface area contributed by atoms with E-state index in [4.69, 9.17) is 0 Å². The lowest BCUT2D eigenvalue weighted by atomic mass is 10.4. The van der Waals surface area contributed by atoms with Gasteiger partial charge < -0.3 is 5.32 Å². The molecule has 0 amide bonds. The Kier molecular flexibility index (Phi) is 3.68. The molecule has 0 aliphatic heterocycles. The minimum absolute atomic E-state index is 0.681. The second-order valence-electron chi connectivity index (χ2n) is 4.01. The Bertz CT molecular complexity index is 470. The first kappa shape index (κ1) is 12.0. The maximum Gasteiger partial charge on any atom is 0.222 e. The number of aromatic nitrogens is 3. The summed E-state index contributed by atoms with van der Waals surface area (Å²) < 4.78 is 0. The Hall–Kier alpha value is -1.49. The van der Waals surface area contributed by atoms with E-state index in [2.05, 4.69) is 27.2 Å². The van der Waals surface area contributed by atoms with E-state index in [1.165, 1.54) is 9.88 Å². The van der Waals surface area contributed by atoms with Gasteiger partial charge in [0.2, 0.25) is 5.95 Å². The summed E-state index contributed by atoms with van der Waals surface area (Å²) in [6.45, 7) is 6.94. The average Bonchev–Trinajstić information content (AvgIpc) is 2.61. The summed E-state index contributed by atoms with van der Waals surface area (Å²) in [4.78, 5) is 14.2. The van der Waals surface area contributed by atoms with Gasteiger partial charge >= 0.3 is 0 Å². The van der Waals surface area contributed by atoms with Crippen LogP contribution in [0.2, 0.25) is 0 Å². The molecule has 0 aliphatic carbocycles. The molecular formula is C12H16N4S. The van der Waals surface area contributed by atoms with Gasteiger partial charge in [-0.3, -0.25) is 0 Å². The fraction of sp³-hybridized carbons (Fsp3) is 0.417. The fourth-order valence-corrected chi connectivity index (χ4v) is 2.34. The van der Waals surface area contributed by atoms with Crippen molar-refractivity contribution in [1.82, 2.24) is 15.0 Å². The molecule has 17 heavy (non-hydrogen) atoms. The number of thiazole rings is 1. The molecule has 0 saturated heterocycles. The Morgan fingerprint density at radius 3 is 2.47 bits per heavy atom. The normalized spacial score (nSPS) is 10.5. The van der Waals surface area contributed by atoms with Crippen LogP contribution in [0.1, 0.15) is 21.1 Å². The topological polar surface area (TPSA) is 50.7 Å². The lowest BCUT2D eigenvalue weighted by molar-refractivity contribution is 0.958. The SMILES string of the molecule is Cc1cnc(NCCc2nc(C)c(C)s2)nc1. The van der Waals surface area contributed by atoms with Gasteiger partial charge in [-0.2, -0.15) is 0 Å². The van der Waals surface area contributed by atoms with E-state index in [1.54, 1.807) is 11.3 Å². The zero-order chi connectivity index (χ0) is 12.3. The third kappa shape index (κ3) is 3.23. The number of hydrogen-bond acceptors (Lipinski definition) is 5. The predicted molar refractivity (Wildman–Crippen MR) is 70.6 cm³/mol. The number of hydrogen-bond donors (Lipinski definition) is 1. The highest BCUT2D eigenvalue weighted by molar-refractivity contribution is 7.11. The van der Waals surface area contributed by atoms with E-state index in [9.17, 15) is 0 Å². The Balaban J connectivity index is 1.85. The molecule has 0 unspecified atom stereocenters. The van der Waals surface area contributed by atoms with Gasteiger partial charge in [-0.05, 0) is 26.3 Å². The van der Waals surface area contributed by atoms with Gasteiger partial charge in [-0.15, -0.1) is 11.3 Å². The van der Waals surface area contributed by atoms with Gasteiger partial charge in [0.1, 0.15) is 0 Å². The second kappa shape index (κ2) is 5.23. The van der Waals surface area contributed by atoms with Crippen molar-refractivity contribution in [3.8, 4) is 0 Å². The molecule has 2 aromatic heterocycles. The van der Waals surface area contributed by atoms with Crippen LogP contribution in [0.25, 0.3) is 0 Å². The molecule has 5 heteroatoms. The van der Waals surface area contributed by atoms with Crippen LogP contribution in [-0.2, 0) is 6.42 Å². The maximum absolute atomic E-state index is 4.49. The maximum atomic E-state index is 4.49. The van der Waals surface area contributed by atoms with Gasteiger partial charge in [0.05, 0.1) is 10.7 Å². The lowest BCUT2D eigenvalue weighted by Gasteiger charge is -2.02. The van der Waals surface area contributed by atoms with Crippen molar-refractivity contribution in [2.24, 2.45) is 0 Å². The van der Waals surface area contributed by atoms with Crippen LogP contribution < -0.4 is 5.32 Å². The molecule has 0 saturated carbocycles. The molecule has 0 aliphatic rings. The van der Waals surface area contributed by atoms with E-state index in [-0.39, 0.29) is 0 Å². The molecule has 0 atom stereocenters. The summed E-state index contributed by atoms with van der Waals surface area (Å²) in [5.74, 6) is 0.681. The van der Waals surface area contributed by atoms with Gasteiger partial charge in [0.15, 0.2) is 0 Å². The van der Waals surface area contributed by atoms with E-state index in [1.807, 2.05) is 26.2 Å². The van der Waals surface area contributed by atoms with Crippen LogP contribution >= 0.6 is 11.3 Å². The first-order valence-electron chi connectivity index (χ1n) is 5.60. The van der Waals surface area contributed by atoms with Gasteiger partial charge in [-0.25, -0.2) is 15.0 Å². The molecule has 0 radical (unpaired) electrons. The highest BCUT2D eigenvalue weighted by Crippen LogP contribution is 2.16. The summed E-state index contributed by atoms with van der Waals surface area (Å²) in [5, 5.41) is 4.36. The van der Waals surface area contributed by atoms with Gasteiger partial charge in [0.25, 0.3) is 0 Å². The average molecular weight is 248 g/mol. The van der Waals surface area contributed by atoms with Crippen molar-refractivity contribution >= 4 is 17.3 Å². The number of aryl methyl sites for hydroxylation is 3.